The third-order valence-electron chi connectivity index (χ3n) is 2.32. The Labute approximate surface area is 87.6 Å². The average molecular weight is 204 g/mol. The second kappa shape index (κ2) is 3.65. The number of aryl methyl sites for hydroxylation is 1. The van der Waals surface area contributed by atoms with Gasteiger partial charge in [0.15, 0.2) is 0 Å². The van der Waals surface area contributed by atoms with Gasteiger partial charge >= 0.3 is 0 Å². The van der Waals surface area contributed by atoms with E-state index in [1.54, 1.807) is 13.3 Å². The molecule has 2 N–H and O–H groups in total. The Bertz CT molecular complexity index is 477. The van der Waals surface area contributed by atoms with Crippen LogP contribution in [0.2, 0.25) is 0 Å². The fraction of sp³-hybridized carbons (Fsp3) is 0.182. The molecular formula is C11H12N2O2. The van der Waals surface area contributed by atoms with Crippen molar-refractivity contribution in [1.29, 1.82) is 0 Å². The van der Waals surface area contributed by atoms with Gasteiger partial charge in [0.05, 0.1) is 18.9 Å². The molecule has 0 unspecified atom stereocenters. The number of nitrogens with zero attached hydrogens (tertiary/aromatic N) is 1. The molecule has 2 aromatic rings. The summed E-state index contributed by atoms with van der Waals surface area (Å²) in [5.41, 5.74) is 8.55. The number of ether oxygens (including phenoxy) is 1. The number of aromatic nitrogens is 1. The summed E-state index contributed by atoms with van der Waals surface area (Å²) < 4.78 is 9.95. The van der Waals surface area contributed by atoms with Gasteiger partial charge in [-0.15, -0.1) is 0 Å². The molecule has 1 aromatic heterocycles. The highest BCUT2D eigenvalue weighted by atomic mass is 16.5. The average Bonchev–Trinajstić information content (AvgIpc) is 2.64. The van der Waals surface area contributed by atoms with Crippen molar-refractivity contribution in [1.82, 2.24) is 5.16 Å². The zero-order valence-electron chi connectivity index (χ0n) is 8.65. The number of anilines is 1. The molecule has 0 atom stereocenters. The lowest BCUT2D eigenvalue weighted by atomic mass is 10.0. The lowest BCUT2D eigenvalue weighted by Crippen LogP contribution is -1.89. The maximum Gasteiger partial charge on any atom is 0.229 e. The van der Waals surface area contributed by atoms with E-state index < -0.39 is 0 Å². The van der Waals surface area contributed by atoms with Crippen LogP contribution < -0.4 is 10.5 Å². The summed E-state index contributed by atoms with van der Waals surface area (Å²) in [4.78, 5) is 0. The smallest absolute Gasteiger partial charge is 0.229 e. The van der Waals surface area contributed by atoms with Crippen molar-refractivity contribution in [3.05, 3.63) is 30.0 Å². The number of rotatable bonds is 2. The molecule has 78 valence electrons. The maximum absolute atomic E-state index is 5.65. The Balaban J connectivity index is 2.50. The quantitative estimate of drug-likeness (QED) is 0.814. The molecule has 1 aromatic carbocycles. The van der Waals surface area contributed by atoms with Gasteiger partial charge in [-0.1, -0.05) is 11.2 Å². The Hall–Kier alpha value is -1.97. The Morgan fingerprint density at radius 1 is 1.33 bits per heavy atom. The Morgan fingerprint density at radius 2 is 2.13 bits per heavy atom. The van der Waals surface area contributed by atoms with Gasteiger partial charge in [0.1, 0.15) is 5.75 Å². The summed E-state index contributed by atoms with van der Waals surface area (Å²) in [6.07, 6.45) is 1.62. The number of hydrogen-bond acceptors (Lipinski definition) is 4. The van der Waals surface area contributed by atoms with Gasteiger partial charge in [0.25, 0.3) is 0 Å². The second-order valence-electron chi connectivity index (χ2n) is 3.28. The SMILES string of the molecule is COc1ccc(-c2cnoc2N)c(C)c1. The van der Waals surface area contributed by atoms with Gasteiger partial charge in [-0.3, -0.25) is 0 Å². The molecule has 0 saturated carbocycles. The number of nitrogen functional groups attached to an aromatic ring is 1. The number of hydrogen-bond donors (Lipinski definition) is 1. The predicted molar refractivity (Wildman–Crippen MR) is 57.6 cm³/mol. The first-order valence-electron chi connectivity index (χ1n) is 4.57. The van der Waals surface area contributed by atoms with E-state index in [-0.39, 0.29) is 0 Å². The molecule has 0 fully saturated rings. The molecule has 0 bridgehead atoms. The lowest BCUT2D eigenvalue weighted by Gasteiger charge is -2.06. The molecule has 0 amide bonds. The Morgan fingerprint density at radius 3 is 2.67 bits per heavy atom. The third-order valence-corrected chi connectivity index (χ3v) is 2.32. The molecule has 0 aliphatic carbocycles. The second-order valence-corrected chi connectivity index (χ2v) is 3.28. The van der Waals surface area contributed by atoms with Crippen LogP contribution in [-0.4, -0.2) is 12.3 Å². The van der Waals surface area contributed by atoms with E-state index in [0.717, 1.165) is 22.4 Å². The molecule has 4 nitrogen and oxygen atoms in total. The first-order valence-corrected chi connectivity index (χ1v) is 4.57. The fourth-order valence-corrected chi connectivity index (χ4v) is 1.52. The predicted octanol–water partition coefficient (Wildman–Crippen LogP) is 2.24. The van der Waals surface area contributed by atoms with Crippen molar-refractivity contribution in [3.8, 4) is 16.9 Å². The highest BCUT2D eigenvalue weighted by Crippen LogP contribution is 2.30. The molecular weight excluding hydrogens is 192 g/mol. The van der Waals surface area contributed by atoms with E-state index in [4.69, 9.17) is 15.0 Å². The van der Waals surface area contributed by atoms with E-state index in [1.807, 2.05) is 25.1 Å². The molecule has 0 aliphatic heterocycles. The molecule has 2 rings (SSSR count). The summed E-state index contributed by atoms with van der Waals surface area (Å²) >= 11 is 0. The summed E-state index contributed by atoms with van der Waals surface area (Å²) in [6.45, 7) is 1.99. The van der Waals surface area contributed by atoms with Crippen LogP contribution in [0.5, 0.6) is 5.75 Å². The fourth-order valence-electron chi connectivity index (χ4n) is 1.52. The van der Waals surface area contributed by atoms with Crippen molar-refractivity contribution < 1.29 is 9.26 Å². The van der Waals surface area contributed by atoms with Crippen molar-refractivity contribution in [2.45, 2.75) is 6.92 Å². The normalized spacial score (nSPS) is 10.3. The maximum atomic E-state index is 5.65. The lowest BCUT2D eigenvalue weighted by molar-refractivity contribution is 0.414. The minimum Gasteiger partial charge on any atom is -0.497 e. The first-order chi connectivity index (χ1) is 7.22. The van der Waals surface area contributed by atoms with Crippen LogP contribution >= 0.6 is 0 Å². The Kier molecular flexibility index (Phi) is 2.33. The van der Waals surface area contributed by atoms with Crippen molar-refractivity contribution in [2.75, 3.05) is 12.8 Å². The molecule has 0 saturated heterocycles. The standard InChI is InChI=1S/C11H12N2O2/c1-7-5-8(14-2)3-4-9(7)10-6-13-15-11(10)12/h3-6H,12H2,1-2H3. The summed E-state index contributed by atoms with van der Waals surface area (Å²) in [6, 6.07) is 5.77. The molecule has 0 aliphatic rings. The van der Waals surface area contributed by atoms with Gasteiger partial charge in [0.2, 0.25) is 5.88 Å². The number of benzene rings is 1. The summed E-state index contributed by atoms with van der Waals surface area (Å²) in [7, 11) is 1.64. The van der Waals surface area contributed by atoms with Gasteiger partial charge in [0, 0.05) is 0 Å². The highest BCUT2D eigenvalue weighted by molar-refractivity contribution is 5.75. The van der Waals surface area contributed by atoms with E-state index in [9.17, 15) is 0 Å². The van der Waals surface area contributed by atoms with Gasteiger partial charge in [-0.05, 0) is 30.2 Å². The van der Waals surface area contributed by atoms with Crippen molar-refractivity contribution in [3.63, 3.8) is 0 Å². The van der Waals surface area contributed by atoms with Crippen molar-refractivity contribution in [2.24, 2.45) is 0 Å². The van der Waals surface area contributed by atoms with Gasteiger partial charge in [-0.2, -0.15) is 0 Å². The van der Waals surface area contributed by atoms with Crippen LogP contribution in [0, 0.1) is 6.92 Å². The first kappa shape index (κ1) is 9.58. The molecule has 15 heavy (non-hydrogen) atoms. The zero-order chi connectivity index (χ0) is 10.8. The summed E-state index contributed by atoms with van der Waals surface area (Å²) in [5.74, 6) is 1.16. The van der Waals surface area contributed by atoms with Crippen LogP contribution in [0.3, 0.4) is 0 Å². The highest BCUT2D eigenvalue weighted by Gasteiger charge is 2.09. The number of nitrogens with two attached hydrogens (primary N) is 1. The molecule has 0 radical (unpaired) electrons. The van der Waals surface area contributed by atoms with E-state index in [2.05, 4.69) is 5.16 Å². The molecule has 0 spiro atoms. The monoisotopic (exact) mass is 204 g/mol. The molecule has 1 heterocycles. The third kappa shape index (κ3) is 1.66. The van der Waals surface area contributed by atoms with Crippen LogP contribution in [0.25, 0.3) is 11.1 Å². The van der Waals surface area contributed by atoms with Crippen molar-refractivity contribution >= 4 is 5.88 Å². The van der Waals surface area contributed by atoms with Crippen LogP contribution in [0.1, 0.15) is 5.56 Å². The minimum atomic E-state index is 0.336. The van der Waals surface area contributed by atoms with E-state index >= 15 is 0 Å². The van der Waals surface area contributed by atoms with Crippen LogP contribution in [0.4, 0.5) is 5.88 Å². The van der Waals surface area contributed by atoms with Crippen LogP contribution in [0.15, 0.2) is 28.9 Å². The zero-order valence-corrected chi connectivity index (χ0v) is 8.65. The topological polar surface area (TPSA) is 61.3 Å². The van der Waals surface area contributed by atoms with Gasteiger partial charge in [-0.25, -0.2) is 0 Å². The minimum absolute atomic E-state index is 0.336. The largest absolute Gasteiger partial charge is 0.497 e. The summed E-state index contributed by atoms with van der Waals surface area (Å²) in [5, 5.41) is 3.65. The number of methoxy groups -OCH3 is 1. The van der Waals surface area contributed by atoms with Crippen LogP contribution in [-0.2, 0) is 0 Å². The molecule has 4 heteroatoms. The van der Waals surface area contributed by atoms with E-state index in [1.165, 1.54) is 0 Å². The van der Waals surface area contributed by atoms with E-state index in [0.29, 0.717) is 5.88 Å². The van der Waals surface area contributed by atoms with Gasteiger partial charge < -0.3 is 15.0 Å².